The van der Waals surface area contributed by atoms with Gasteiger partial charge in [0.05, 0.1) is 11.0 Å². The van der Waals surface area contributed by atoms with E-state index in [1.165, 1.54) is 12.1 Å². The lowest BCUT2D eigenvalue weighted by atomic mass is 9.82. The summed E-state index contributed by atoms with van der Waals surface area (Å²) in [5.74, 6) is 0.0511. The van der Waals surface area contributed by atoms with Gasteiger partial charge in [-0.3, -0.25) is 0 Å². The van der Waals surface area contributed by atoms with E-state index in [1.807, 2.05) is 13.0 Å². The van der Waals surface area contributed by atoms with E-state index in [0.29, 0.717) is 0 Å². The van der Waals surface area contributed by atoms with Gasteiger partial charge < -0.3 is 0 Å². The van der Waals surface area contributed by atoms with Crippen LogP contribution in [0, 0.1) is 24.2 Å². The smallest absolute Gasteiger partial charge is 0.247 e. The maximum absolute atomic E-state index is 12.0. The van der Waals surface area contributed by atoms with E-state index in [-0.39, 0.29) is 10.8 Å². The molecule has 0 N–H and O–H groups in total. The minimum atomic E-state index is -3.83. The molecular weight excluding hydrogens is 250 g/mol. The number of aryl methyl sites for hydroxylation is 1. The van der Waals surface area contributed by atoms with E-state index < -0.39 is 16.2 Å². The highest BCUT2D eigenvalue weighted by molar-refractivity contribution is 7.86. The first kappa shape index (κ1) is 13.1. The van der Waals surface area contributed by atoms with Crippen molar-refractivity contribution in [3.8, 4) is 6.07 Å². The van der Waals surface area contributed by atoms with Gasteiger partial charge >= 0.3 is 0 Å². The summed E-state index contributed by atoms with van der Waals surface area (Å²) in [6, 6.07) is 8.36. The monoisotopic (exact) mass is 265 g/mol. The molecule has 4 nitrogen and oxygen atoms in total. The highest BCUT2D eigenvalue weighted by Crippen LogP contribution is 2.32. The van der Waals surface area contributed by atoms with E-state index in [4.69, 9.17) is 9.44 Å². The number of benzene rings is 1. The Morgan fingerprint density at radius 1 is 1.33 bits per heavy atom. The Kier molecular flexibility index (Phi) is 3.69. The molecule has 1 atom stereocenters. The van der Waals surface area contributed by atoms with Crippen LogP contribution in [0.25, 0.3) is 0 Å². The Balaban J connectivity index is 2.16. The fourth-order valence-corrected chi connectivity index (χ4v) is 2.90. The van der Waals surface area contributed by atoms with Crippen molar-refractivity contribution < 1.29 is 12.6 Å². The first-order valence-corrected chi connectivity index (χ1v) is 7.33. The van der Waals surface area contributed by atoms with Crippen LogP contribution in [0.15, 0.2) is 29.2 Å². The zero-order chi connectivity index (χ0) is 13.2. The number of nitriles is 1. The molecule has 1 aromatic carbocycles. The fraction of sp³-hybridized carbons (Fsp3) is 0.462. The largest absolute Gasteiger partial charge is 0.298 e. The van der Waals surface area contributed by atoms with E-state index in [1.54, 1.807) is 12.1 Å². The van der Waals surface area contributed by atoms with Crippen LogP contribution in [-0.4, -0.2) is 14.5 Å². The molecule has 96 valence electrons. The van der Waals surface area contributed by atoms with Gasteiger partial charge in [-0.2, -0.15) is 13.7 Å². The van der Waals surface area contributed by atoms with Gasteiger partial charge in [-0.1, -0.05) is 24.1 Å². The Morgan fingerprint density at radius 3 is 2.39 bits per heavy atom. The minimum absolute atomic E-state index is 0.0511. The number of rotatable bonds is 4. The second kappa shape index (κ2) is 5.09. The van der Waals surface area contributed by atoms with Crippen LogP contribution in [0.2, 0.25) is 0 Å². The molecule has 0 amide bonds. The molecule has 1 aliphatic rings. The molecule has 1 fully saturated rings. The molecule has 0 saturated heterocycles. The molecule has 1 unspecified atom stereocenters. The summed E-state index contributed by atoms with van der Waals surface area (Å²) in [6.07, 6.45) is 1.91. The quantitative estimate of drug-likeness (QED) is 0.784. The summed E-state index contributed by atoms with van der Waals surface area (Å²) >= 11 is 0. The van der Waals surface area contributed by atoms with Crippen molar-refractivity contribution >= 4 is 10.1 Å². The zero-order valence-corrected chi connectivity index (χ0v) is 11.0. The molecule has 5 heteroatoms. The summed E-state index contributed by atoms with van der Waals surface area (Å²) < 4.78 is 29.0. The molecule has 1 saturated carbocycles. The van der Waals surface area contributed by atoms with Crippen molar-refractivity contribution in [2.24, 2.45) is 5.92 Å². The van der Waals surface area contributed by atoms with Crippen LogP contribution in [0.5, 0.6) is 0 Å². The molecule has 0 radical (unpaired) electrons. The normalized spacial score (nSPS) is 17.8. The third kappa shape index (κ3) is 2.71. The molecule has 1 aliphatic carbocycles. The van der Waals surface area contributed by atoms with Crippen molar-refractivity contribution in [3.05, 3.63) is 29.8 Å². The molecule has 1 aromatic rings. The highest BCUT2D eigenvalue weighted by Gasteiger charge is 2.32. The number of hydrogen-bond donors (Lipinski definition) is 0. The van der Waals surface area contributed by atoms with Gasteiger partial charge in [0.15, 0.2) is 6.10 Å². The van der Waals surface area contributed by atoms with Gasteiger partial charge in [0.25, 0.3) is 10.1 Å². The second-order valence-corrected chi connectivity index (χ2v) is 6.18. The summed E-state index contributed by atoms with van der Waals surface area (Å²) in [7, 11) is -3.83. The molecule has 0 bridgehead atoms. The van der Waals surface area contributed by atoms with Gasteiger partial charge in [-0.15, -0.1) is 0 Å². The van der Waals surface area contributed by atoms with Crippen LogP contribution in [0.4, 0.5) is 0 Å². The molecule has 2 rings (SSSR count). The van der Waals surface area contributed by atoms with Crippen molar-refractivity contribution in [1.29, 1.82) is 5.26 Å². The summed E-state index contributed by atoms with van der Waals surface area (Å²) in [5, 5.41) is 8.98. The predicted octanol–water partition coefficient (Wildman–Crippen LogP) is 2.39. The van der Waals surface area contributed by atoms with Gasteiger partial charge in [0, 0.05) is 5.92 Å². The molecule has 18 heavy (non-hydrogen) atoms. The number of hydrogen-bond acceptors (Lipinski definition) is 4. The summed E-state index contributed by atoms with van der Waals surface area (Å²) in [4.78, 5) is 0.104. The third-order valence-electron chi connectivity index (χ3n) is 3.25. The average molecular weight is 265 g/mol. The SMILES string of the molecule is Cc1ccc(S(=O)(=O)OC(C#N)C2CCC2)cc1. The standard InChI is InChI=1S/C13H15NO3S/c1-10-5-7-12(8-6-10)18(15,16)17-13(9-14)11-3-2-4-11/h5-8,11,13H,2-4H2,1H3. The zero-order valence-electron chi connectivity index (χ0n) is 10.2. The minimum Gasteiger partial charge on any atom is -0.247 e. The Bertz CT molecular complexity index is 553. The molecular formula is C13H15NO3S. The summed E-state index contributed by atoms with van der Waals surface area (Å²) in [5.41, 5.74) is 0.977. The summed E-state index contributed by atoms with van der Waals surface area (Å²) in [6.45, 7) is 1.88. The van der Waals surface area contributed by atoms with Crippen molar-refractivity contribution in [1.82, 2.24) is 0 Å². The lowest BCUT2D eigenvalue weighted by Crippen LogP contribution is -2.30. The van der Waals surface area contributed by atoms with E-state index in [2.05, 4.69) is 0 Å². The van der Waals surface area contributed by atoms with Crippen molar-refractivity contribution in [3.63, 3.8) is 0 Å². The predicted molar refractivity (Wildman–Crippen MR) is 66.2 cm³/mol. The Labute approximate surface area is 107 Å². The molecule has 0 aliphatic heterocycles. The Hall–Kier alpha value is -1.38. The second-order valence-electron chi connectivity index (χ2n) is 4.60. The first-order valence-electron chi connectivity index (χ1n) is 5.92. The maximum atomic E-state index is 12.0. The van der Waals surface area contributed by atoms with Crippen molar-refractivity contribution in [2.75, 3.05) is 0 Å². The molecule has 0 aromatic heterocycles. The van der Waals surface area contributed by atoms with Gasteiger partial charge in [-0.05, 0) is 31.9 Å². The lowest BCUT2D eigenvalue weighted by molar-refractivity contribution is 0.132. The maximum Gasteiger partial charge on any atom is 0.298 e. The van der Waals surface area contributed by atoms with E-state index in [9.17, 15) is 8.42 Å². The molecule has 0 heterocycles. The van der Waals surface area contributed by atoms with Crippen LogP contribution >= 0.6 is 0 Å². The third-order valence-corrected chi connectivity index (χ3v) is 4.56. The number of nitrogens with zero attached hydrogens (tertiary/aromatic N) is 1. The first-order chi connectivity index (χ1) is 8.53. The van der Waals surface area contributed by atoms with E-state index >= 15 is 0 Å². The van der Waals surface area contributed by atoms with Crippen LogP contribution < -0.4 is 0 Å². The van der Waals surface area contributed by atoms with Crippen LogP contribution in [0.1, 0.15) is 24.8 Å². The van der Waals surface area contributed by atoms with Crippen molar-refractivity contribution in [2.45, 2.75) is 37.2 Å². The topological polar surface area (TPSA) is 67.2 Å². The van der Waals surface area contributed by atoms with Crippen LogP contribution in [0.3, 0.4) is 0 Å². The highest BCUT2D eigenvalue weighted by atomic mass is 32.2. The van der Waals surface area contributed by atoms with E-state index in [0.717, 1.165) is 24.8 Å². The molecule has 0 spiro atoms. The fourth-order valence-electron chi connectivity index (χ4n) is 1.85. The lowest BCUT2D eigenvalue weighted by Gasteiger charge is -2.28. The average Bonchev–Trinajstić information content (AvgIpc) is 2.26. The van der Waals surface area contributed by atoms with Gasteiger partial charge in [0.1, 0.15) is 0 Å². The van der Waals surface area contributed by atoms with Gasteiger partial charge in [0.2, 0.25) is 0 Å². The van der Waals surface area contributed by atoms with Gasteiger partial charge in [-0.25, -0.2) is 4.18 Å². The Morgan fingerprint density at radius 2 is 1.94 bits per heavy atom. The van der Waals surface area contributed by atoms with Crippen LogP contribution in [-0.2, 0) is 14.3 Å².